The second-order valence-corrected chi connectivity index (χ2v) is 6.22. The van der Waals surface area contributed by atoms with Gasteiger partial charge < -0.3 is 10.1 Å². The molecular formula is C17H19N5O2. The molecule has 2 atom stereocenters. The predicted octanol–water partition coefficient (Wildman–Crippen LogP) is 2.36. The number of carbonyl (C=O) groups is 1. The molecule has 1 aliphatic rings. The largest absolute Gasteiger partial charge is 0.497 e. The molecule has 0 radical (unpaired) electrons. The van der Waals surface area contributed by atoms with Gasteiger partial charge in [0, 0.05) is 13.0 Å². The van der Waals surface area contributed by atoms with Crippen molar-refractivity contribution in [1.82, 2.24) is 20.0 Å². The summed E-state index contributed by atoms with van der Waals surface area (Å²) in [6.07, 6.45) is 0.863. The first-order chi connectivity index (χ1) is 11.6. The second kappa shape index (κ2) is 5.36. The van der Waals surface area contributed by atoms with Gasteiger partial charge in [0.05, 0.1) is 18.2 Å². The fourth-order valence-corrected chi connectivity index (χ4v) is 3.24. The zero-order chi connectivity index (χ0) is 16.8. The van der Waals surface area contributed by atoms with Gasteiger partial charge in [0.15, 0.2) is 5.65 Å². The molecule has 1 aliphatic carbocycles. The number of hydrogen-bond donors (Lipinski definition) is 2. The molecule has 1 fully saturated rings. The number of aryl methyl sites for hydroxylation is 2. The highest BCUT2D eigenvalue weighted by atomic mass is 16.5. The summed E-state index contributed by atoms with van der Waals surface area (Å²) in [6.45, 7) is 1.91. The smallest absolute Gasteiger partial charge is 0.229 e. The molecule has 2 aromatic heterocycles. The number of aromatic amines is 1. The number of rotatable bonds is 4. The Morgan fingerprint density at radius 1 is 1.38 bits per heavy atom. The molecular weight excluding hydrogens is 306 g/mol. The van der Waals surface area contributed by atoms with Crippen molar-refractivity contribution in [2.75, 3.05) is 12.4 Å². The van der Waals surface area contributed by atoms with Crippen molar-refractivity contribution < 1.29 is 9.53 Å². The van der Waals surface area contributed by atoms with Crippen molar-refractivity contribution >= 4 is 22.8 Å². The summed E-state index contributed by atoms with van der Waals surface area (Å²) in [6, 6.07) is 7.91. The van der Waals surface area contributed by atoms with Gasteiger partial charge in [0.25, 0.3) is 0 Å². The van der Waals surface area contributed by atoms with E-state index in [1.54, 1.807) is 11.8 Å². The first kappa shape index (κ1) is 14.7. The molecule has 1 saturated carbocycles. The first-order valence-electron chi connectivity index (χ1n) is 7.91. The monoisotopic (exact) mass is 325 g/mol. The van der Waals surface area contributed by atoms with Crippen LogP contribution in [-0.2, 0) is 11.8 Å². The maximum absolute atomic E-state index is 12.5. The van der Waals surface area contributed by atoms with E-state index in [1.807, 2.05) is 38.2 Å². The summed E-state index contributed by atoms with van der Waals surface area (Å²) < 4.78 is 6.87. The van der Waals surface area contributed by atoms with Crippen LogP contribution in [0.1, 0.15) is 23.6 Å². The minimum Gasteiger partial charge on any atom is -0.497 e. The van der Waals surface area contributed by atoms with E-state index in [2.05, 4.69) is 20.6 Å². The standard InChI is InChI=1S/C17H19N5O2/c1-9-14-15(19-20-16(14)22(2)21-9)18-17(23)13-8-12(13)10-4-6-11(24-3)7-5-10/h4-7,12-13H,8H2,1-3H3,(H2,18,19,20,23)/t12-,13+/m1/s1. The van der Waals surface area contributed by atoms with E-state index in [1.165, 1.54) is 5.56 Å². The molecule has 2 heterocycles. The Bertz CT molecular complexity index is 909. The van der Waals surface area contributed by atoms with Crippen molar-refractivity contribution in [3.05, 3.63) is 35.5 Å². The maximum atomic E-state index is 12.5. The lowest BCUT2D eigenvalue weighted by atomic mass is 10.1. The minimum atomic E-state index is -0.00581. The fraction of sp³-hybridized carbons (Fsp3) is 0.353. The molecule has 0 aliphatic heterocycles. The Labute approximate surface area is 139 Å². The van der Waals surface area contributed by atoms with E-state index in [-0.39, 0.29) is 17.7 Å². The highest BCUT2D eigenvalue weighted by Crippen LogP contribution is 2.48. The van der Waals surface area contributed by atoms with Crippen molar-refractivity contribution in [3.63, 3.8) is 0 Å². The number of anilines is 1. The highest BCUT2D eigenvalue weighted by Gasteiger charge is 2.44. The van der Waals surface area contributed by atoms with Gasteiger partial charge in [-0.3, -0.25) is 9.89 Å². The molecule has 1 amide bonds. The summed E-state index contributed by atoms with van der Waals surface area (Å²) in [7, 11) is 3.48. The van der Waals surface area contributed by atoms with Gasteiger partial charge >= 0.3 is 0 Å². The van der Waals surface area contributed by atoms with Gasteiger partial charge in [0.2, 0.25) is 5.91 Å². The van der Waals surface area contributed by atoms with Crippen LogP contribution in [0.3, 0.4) is 0 Å². The van der Waals surface area contributed by atoms with Crippen LogP contribution < -0.4 is 10.1 Å². The van der Waals surface area contributed by atoms with Gasteiger partial charge in [0.1, 0.15) is 11.6 Å². The van der Waals surface area contributed by atoms with Gasteiger partial charge in [-0.05, 0) is 37.0 Å². The number of nitrogens with zero attached hydrogens (tertiary/aromatic N) is 3. The molecule has 1 aromatic carbocycles. The van der Waals surface area contributed by atoms with Crippen LogP contribution in [0.25, 0.3) is 11.0 Å². The number of aromatic nitrogens is 4. The lowest BCUT2D eigenvalue weighted by Gasteiger charge is -2.04. The second-order valence-electron chi connectivity index (χ2n) is 6.22. The van der Waals surface area contributed by atoms with Crippen molar-refractivity contribution in [1.29, 1.82) is 0 Å². The number of methoxy groups -OCH3 is 1. The SMILES string of the molecule is COc1ccc([C@H]2C[C@@H]2C(=O)Nc2[nH]nc3c2c(C)nn3C)cc1. The average molecular weight is 325 g/mol. The van der Waals surface area contributed by atoms with Crippen LogP contribution in [0.2, 0.25) is 0 Å². The molecule has 7 heteroatoms. The Kier molecular flexibility index (Phi) is 3.30. The number of nitrogens with one attached hydrogen (secondary N) is 2. The van der Waals surface area contributed by atoms with Crippen LogP contribution in [0.5, 0.6) is 5.75 Å². The average Bonchev–Trinajstić information content (AvgIpc) is 3.20. The molecule has 7 nitrogen and oxygen atoms in total. The summed E-state index contributed by atoms with van der Waals surface area (Å²) in [5.74, 6) is 1.73. The van der Waals surface area contributed by atoms with Crippen LogP contribution >= 0.6 is 0 Å². The van der Waals surface area contributed by atoms with Crippen molar-refractivity contribution in [2.24, 2.45) is 13.0 Å². The quantitative estimate of drug-likeness (QED) is 0.771. The van der Waals surface area contributed by atoms with E-state index in [0.717, 1.165) is 28.9 Å². The Morgan fingerprint density at radius 2 is 2.12 bits per heavy atom. The number of benzene rings is 1. The first-order valence-corrected chi connectivity index (χ1v) is 7.91. The van der Waals surface area contributed by atoms with Gasteiger partial charge in [-0.15, -0.1) is 0 Å². The van der Waals surface area contributed by atoms with E-state index >= 15 is 0 Å². The lowest BCUT2D eigenvalue weighted by Crippen LogP contribution is -2.15. The van der Waals surface area contributed by atoms with Crippen LogP contribution in [0, 0.1) is 12.8 Å². The Morgan fingerprint density at radius 3 is 2.83 bits per heavy atom. The van der Waals surface area contributed by atoms with Crippen LogP contribution in [-0.4, -0.2) is 33.0 Å². The number of fused-ring (bicyclic) bond motifs is 1. The third-order valence-corrected chi connectivity index (χ3v) is 4.63. The molecule has 0 saturated heterocycles. The number of amides is 1. The summed E-state index contributed by atoms with van der Waals surface area (Å²) in [4.78, 5) is 12.5. The lowest BCUT2D eigenvalue weighted by molar-refractivity contribution is -0.117. The van der Waals surface area contributed by atoms with E-state index in [4.69, 9.17) is 4.74 Å². The summed E-state index contributed by atoms with van der Waals surface area (Å²) >= 11 is 0. The van der Waals surface area contributed by atoms with Gasteiger partial charge in [-0.2, -0.15) is 10.2 Å². The normalized spacial score (nSPS) is 19.5. The zero-order valence-electron chi connectivity index (χ0n) is 13.8. The Balaban J connectivity index is 1.49. The molecule has 0 unspecified atom stereocenters. The molecule has 4 rings (SSSR count). The topological polar surface area (TPSA) is 84.8 Å². The van der Waals surface area contributed by atoms with Gasteiger partial charge in [-0.1, -0.05) is 12.1 Å². The van der Waals surface area contributed by atoms with E-state index in [9.17, 15) is 4.79 Å². The number of hydrogen-bond acceptors (Lipinski definition) is 4. The van der Waals surface area contributed by atoms with Crippen LogP contribution in [0.15, 0.2) is 24.3 Å². The predicted molar refractivity (Wildman–Crippen MR) is 90.1 cm³/mol. The molecule has 124 valence electrons. The van der Waals surface area contributed by atoms with E-state index < -0.39 is 0 Å². The molecule has 24 heavy (non-hydrogen) atoms. The fourth-order valence-electron chi connectivity index (χ4n) is 3.24. The molecule has 3 aromatic rings. The zero-order valence-corrected chi connectivity index (χ0v) is 13.8. The summed E-state index contributed by atoms with van der Waals surface area (Å²) in [5, 5.41) is 15.3. The molecule has 0 spiro atoms. The van der Waals surface area contributed by atoms with Crippen LogP contribution in [0.4, 0.5) is 5.82 Å². The number of carbonyl (C=O) groups excluding carboxylic acids is 1. The number of ether oxygens (including phenoxy) is 1. The third-order valence-electron chi connectivity index (χ3n) is 4.63. The maximum Gasteiger partial charge on any atom is 0.229 e. The Hall–Kier alpha value is -2.83. The number of H-pyrrole nitrogens is 1. The molecule has 2 N–H and O–H groups in total. The molecule has 0 bridgehead atoms. The minimum absolute atomic E-state index is 0.00581. The highest BCUT2D eigenvalue weighted by molar-refractivity contribution is 6.02. The summed E-state index contributed by atoms with van der Waals surface area (Å²) in [5.41, 5.74) is 2.76. The third kappa shape index (κ3) is 2.33. The van der Waals surface area contributed by atoms with Gasteiger partial charge in [-0.25, -0.2) is 4.68 Å². The van der Waals surface area contributed by atoms with E-state index in [0.29, 0.717) is 5.82 Å². The van der Waals surface area contributed by atoms with Crippen molar-refractivity contribution in [3.8, 4) is 5.75 Å². The van der Waals surface area contributed by atoms with Crippen molar-refractivity contribution in [2.45, 2.75) is 19.3 Å².